The molecule has 1 saturated heterocycles. The van der Waals surface area contributed by atoms with Gasteiger partial charge in [-0.1, -0.05) is 6.42 Å². The summed E-state index contributed by atoms with van der Waals surface area (Å²) < 4.78 is 2.05. The van der Waals surface area contributed by atoms with Crippen LogP contribution in [-0.4, -0.2) is 52.4 Å². The van der Waals surface area contributed by atoms with Crippen LogP contribution < -0.4 is 0 Å². The maximum Gasteiger partial charge on any atom is 0.255 e. The van der Waals surface area contributed by atoms with Crippen molar-refractivity contribution in [3.05, 3.63) is 23.0 Å². The normalized spacial score (nSPS) is 19.2. The second-order valence-corrected chi connectivity index (χ2v) is 6.59. The van der Waals surface area contributed by atoms with E-state index in [1.54, 1.807) is 0 Å². The van der Waals surface area contributed by atoms with Gasteiger partial charge in [0, 0.05) is 50.5 Å². The molecule has 2 aliphatic rings. The Morgan fingerprint density at radius 1 is 1.05 bits per heavy atom. The lowest BCUT2D eigenvalue weighted by Gasteiger charge is -2.38. The van der Waals surface area contributed by atoms with Crippen molar-refractivity contribution < 1.29 is 9.59 Å². The Balaban J connectivity index is 1.62. The molecule has 1 aromatic rings. The Labute approximate surface area is 131 Å². The summed E-state index contributed by atoms with van der Waals surface area (Å²) in [6.45, 7) is 6.63. The summed E-state index contributed by atoms with van der Waals surface area (Å²) in [5, 5.41) is 0. The molecule has 3 rings (SSSR count). The zero-order chi connectivity index (χ0) is 15.9. The average molecular weight is 303 g/mol. The molecule has 2 heterocycles. The van der Waals surface area contributed by atoms with Gasteiger partial charge in [-0.25, -0.2) is 0 Å². The van der Waals surface area contributed by atoms with Gasteiger partial charge in [0.15, 0.2) is 0 Å². The summed E-state index contributed by atoms with van der Waals surface area (Å²) in [7, 11) is 1.98. The molecule has 0 aromatic carbocycles. The van der Waals surface area contributed by atoms with Crippen molar-refractivity contribution in [3.8, 4) is 0 Å². The summed E-state index contributed by atoms with van der Waals surface area (Å²) in [6, 6.07) is 1.96. The molecule has 5 heteroatoms. The van der Waals surface area contributed by atoms with Gasteiger partial charge in [0.2, 0.25) is 5.91 Å². The molecular formula is C17H25N3O2. The fraction of sp³-hybridized carbons (Fsp3) is 0.647. The monoisotopic (exact) mass is 303 g/mol. The van der Waals surface area contributed by atoms with Crippen molar-refractivity contribution in [2.75, 3.05) is 26.2 Å². The largest absolute Gasteiger partial charge is 0.351 e. The van der Waals surface area contributed by atoms with Crippen molar-refractivity contribution in [1.29, 1.82) is 0 Å². The van der Waals surface area contributed by atoms with Gasteiger partial charge < -0.3 is 14.4 Å². The number of carbonyl (C=O) groups is 2. The first kappa shape index (κ1) is 15.1. The zero-order valence-corrected chi connectivity index (χ0v) is 13.8. The molecule has 0 atom stereocenters. The lowest BCUT2D eigenvalue weighted by molar-refractivity contribution is -0.139. The SMILES string of the molecule is Cc1cc(C(=O)N2CCN(C(=O)C3CCC3)CC2)c(C)n1C. The van der Waals surface area contributed by atoms with E-state index >= 15 is 0 Å². The molecule has 0 spiro atoms. The molecule has 1 aliphatic heterocycles. The number of aromatic nitrogens is 1. The molecule has 22 heavy (non-hydrogen) atoms. The third-order valence-corrected chi connectivity index (χ3v) is 5.34. The predicted molar refractivity (Wildman–Crippen MR) is 84.7 cm³/mol. The molecule has 1 aliphatic carbocycles. The maximum atomic E-state index is 12.7. The minimum absolute atomic E-state index is 0.0944. The summed E-state index contributed by atoms with van der Waals surface area (Å²) in [5.74, 6) is 0.642. The Morgan fingerprint density at radius 2 is 1.64 bits per heavy atom. The Morgan fingerprint density at radius 3 is 2.09 bits per heavy atom. The van der Waals surface area contributed by atoms with Gasteiger partial charge in [-0.05, 0) is 32.8 Å². The van der Waals surface area contributed by atoms with Gasteiger partial charge >= 0.3 is 0 Å². The molecule has 2 fully saturated rings. The average Bonchev–Trinajstić information content (AvgIpc) is 2.72. The molecule has 1 saturated carbocycles. The number of amides is 2. The highest BCUT2D eigenvalue weighted by molar-refractivity contribution is 5.96. The van der Waals surface area contributed by atoms with Gasteiger partial charge in [0.1, 0.15) is 0 Å². The van der Waals surface area contributed by atoms with E-state index in [2.05, 4.69) is 0 Å². The first-order valence-corrected chi connectivity index (χ1v) is 8.20. The summed E-state index contributed by atoms with van der Waals surface area (Å²) in [4.78, 5) is 28.7. The van der Waals surface area contributed by atoms with Crippen LogP contribution in [0.1, 0.15) is 41.0 Å². The van der Waals surface area contributed by atoms with Crippen LogP contribution in [0.15, 0.2) is 6.07 Å². The van der Waals surface area contributed by atoms with Gasteiger partial charge in [-0.15, -0.1) is 0 Å². The van der Waals surface area contributed by atoms with E-state index in [0.29, 0.717) is 32.1 Å². The molecule has 5 nitrogen and oxygen atoms in total. The number of piperazine rings is 1. The van der Waals surface area contributed by atoms with Crippen molar-refractivity contribution >= 4 is 11.8 Å². The van der Waals surface area contributed by atoms with Crippen LogP contribution in [-0.2, 0) is 11.8 Å². The fourth-order valence-electron chi connectivity index (χ4n) is 3.29. The number of nitrogens with zero attached hydrogens (tertiary/aromatic N) is 3. The van der Waals surface area contributed by atoms with Gasteiger partial charge in [0.05, 0.1) is 5.56 Å². The van der Waals surface area contributed by atoms with E-state index in [9.17, 15) is 9.59 Å². The number of hydrogen-bond acceptors (Lipinski definition) is 2. The van der Waals surface area contributed by atoms with E-state index in [1.165, 1.54) is 6.42 Å². The molecule has 1 aromatic heterocycles. The van der Waals surface area contributed by atoms with E-state index in [1.807, 2.05) is 41.3 Å². The van der Waals surface area contributed by atoms with Crippen LogP contribution >= 0.6 is 0 Å². The number of rotatable bonds is 2. The highest BCUT2D eigenvalue weighted by atomic mass is 16.2. The Hall–Kier alpha value is -1.78. The van der Waals surface area contributed by atoms with Crippen molar-refractivity contribution in [2.24, 2.45) is 13.0 Å². The highest BCUT2D eigenvalue weighted by Gasteiger charge is 2.32. The van der Waals surface area contributed by atoms with E-state index < -0.39 is 0 Å². The first-order chi connectivity index (χ1) is 10.5. The van der Waals surface area contributed by atoms with E-state index in [0.717, 1.165) is 29.8 Å². The van der Waals surface area contributed by atoms with Crippen LogP contribution in [0.5, 0.6) is 0 Å². The number of hydrogen-bond donors (Lipinski definition) is 0. The van der Waals surface area contributed by atoms with Gasteiger partial charge in [-0.3, -0.25) is 9.59 Å². The van der Waals surface area contributed by atoms with Gasteiger partial charge in [0.25, 0.3) is 5.91 Å². The predicted octanol–water partition coefficient (Wildman–Crippen LogP) is 1.73. The maximum absolute atomic E-state index is 12.7. The minimum atomic E-state index is 0.0944. The third kappa shape index (κ3) is 2.53. The third-order valence-electron chi connectivity index (χ3n) is 5.34. The second-order valence-electron chi connectivity index (χ2n) is 6.59. The van der Waals surface area contributed by atoms with E-state index in [-0.39, 0.29) is 11.8 Å². The standard InChI is InChI=1S/C17H25N3O2/c1-12-11-15(13(2)18(12)3)17(22)20-9-7-19(8-10-20)16(21)14-5-4-6-14/h11,14H,4-10H2,1-3H3. The van der Waals surface area contributed by atoms with E-state index in [4.69, 9.17) is 0 Å². The van der Waals surface area contributed by atoms with Crippen LogP contribution in [0.25, 0.3) is 0 Å². The Kier molecular flexibility index (Phi) is 3.98. The van der Waals surface area contributed by atoms with Crippen molar-refractivity contribution in [3.63, 3.8) is 0 Å². The highest BCUT2D eigenvalue weighted by Crippen LogP contribution is 2.28. The number of aryl methyl sites for hydroxylation is 1. The topological polar surface area (TPSA) is 45.6 Å². The lowest BCUT2D eigenvalue weighted by atomic mass is 9.84. The summed E-state index contributed by atoms with van der Waals surface area (Å²) >= 11 is 0. The molecule has 0 bridgehead atoms. The van der Waals surface area contributed by atoms with Crippen molar-refractivity contribution in [1.82, 2.24) is 14.4 Å². The molecular weight excluding hydrogens is 278 g/mol. The number of carbonyl (C=O) groups excluding carboxylic acids is 2. The first-order valence-electron chi connectivity index (χ1n) is 8.20. The smallest absolute Gasteiger partial charge is 0.255 e. The van der Waals surface area contributed by atoms with Crippen LogP contribution in [0.4, 0.5) is 0 Å². The van der Waals surface area contributed by atoms with Crippen LogP contribution in [0.3, 0.4) is 0 Å². The van der Waals surface area contributed by atoms with Crippen LogP contribution in [0.2, 0.25) is 0 Å². The second kappa shape index (κ2) is 5.78. The molecule has 120 valence electrons. The summed E-state index contributed by atoms with van der Waals surface area (Å²) in [6.07, 6.45) is 3.27. The minimum Gasteiger partial charge on any atom is -0.351 e. The zero-order valence-electron chi connectivity index (χ0n) is 13.8. The van der Waals surface area contributed by atoms with Crippen molar-refractivity contribution in [2.45, 2.75) is 33.1 Å². The Bertz CT molecular complexity index is 593. The lowest BCUT2D eigenvalue weighted by Crippen LogP contribution is -2.52. The van der Waals surface area contributed by atoms with Gasteiger partial charge in [-0.2, -0.15) is 0 Å². The molecule has 2 amide bonds. The quantitative estimate of drug-likeness (QED) is 0.835. The molecule has 0 unspecified atom stereocenters. The van der Waals surface area contributed by atoms with Crippen LogP contribution in [0, 0.1) is 19.8 Å². The fourth-order valence-corrected chi connectivity index (χ4v) is 3.29. The molecule has 0 N–H and O–H groups in total. The summed E-state index contributed by atoms with van der Waals surface area (Å²) in [5.41, 5.74) is 2.90. The molecule has 0 radical (unpaired) electrons.